The van der Waals surface area contributed by atoms with Crippen molar-refractivity contribution < 1.29 is 14.1 Å². The van der Waals surface area contributed by atoms with Gasteiger partial charge in [-0.05, 0) is 50.1 Å². The SMILES string of the molecule is O=C(Nc1ccc(F)c([N+](=O)[O-])c1)c1cc(Br)c(Br)s1. The number of hydrogen-bond acceptors (Lipinski definition) is 4. The van der Waals surface area contributed by atoms with Crippen molar-refractivity contribution in [3.05, 3.63) is 53.3 Å². The number of nitro groups is 1. The number of carbonyl (C=O) groups excluding carboxylic acids is 1. The van der Waals surface area contributed by atoms with Gasteiger partial charge in [-0.1, -0.05) is 0 Å². The summed E-state index contributed by atoms with van der Waals surface area (Å²) < 4.78 is 14.7. The molecule has 1 aromatic carbocycles. The van der Waals surface area contributed by atoms with Crippen LogP contribution in [0.15, 0.2) is 32.5 Å². The van der Waals surface area contributed by atoms with Crippen LogP contribution in [0.1, 0.15) is 9.67 Å². The van der Waals surface area contributed by atoms with Gasteiger partial charge >= 0.3 is 5.69 Å². The highest BCUT2D eigenvalue weighted by molar-refractivity contribution is 9.13. The maximum atomic E-state index is 13.2. The van der Waals surface area contributed by atoms with Gasteiger partial charge in [0.05, 0.1) is 13.6 Å². The fourth-order valence-electron chi connectivity index (χ4n) is 1.38. The Morgan fingerprint density at radius 1 is 1.35 bits per heavy atom. The lowest BCUT2D eigenvalue weighted by atomic mass is 10.2. The number of nitrogens with one attached hydrogen (secondary N) is 1. The summed E-state index contributed by atoms with van der Waals surface area (Å²) >= 11 is 7.72. The fraction of sp³-hybridized carbons (Fsp3) is 0. The van der Waals surface area contributed by atoms with E-state index in [-0.39, 0.29) is 5.69 Å². The highest BCUT2D eigenvalue weighted by atomic mass is 79.9. The number of benzene rings is 1. The number of hydrogen-bond donors (Lipinski definition) is 1. The predicted octanol–water partition coefficient (Wildman–Crippen LogP) is 4.57. The largest absolute Gasteiger partial charge is 0.321 e. The molecule has 1 amide bonds. The number of anilines is 1. The molecule has 0 aliphatic heterocycles. The Balaban J connectivity index is 2.24. The number of halogens is 3. The first-order valence-corrected chi connectivity index (χ1v) is 7.49. The van der Waals surface area contributed by atoms with Gasteiger partial charge in [-0.25, -0.2) is 0 Å². The van der Waals surface area contributed by atoms with Gasteiger partial charge in [0.1, 0.15) is 0 Å². The molecule has 1 N–H and O–H groups in total. The zero-order chi connectivity index (χ0) is 14.9. The van der Waals surface area contributed by atoms with Crippen LogP contribution in [0.4, 0.5) is 15.8 Å². The second-order valence-corrected chi connectivity index (χ2v) is 6.83. The molecular weight excluding hydrogens is 419 g/mol. The minimum Gasteiger partial charge on any atom is -0.321 e. The lowest BCUT2D eigenvalue weighted by molar-refractivity contribution is -0.387. The molecule has 0 saturated carbocycles. The van der Waals surface area contributed by atoms with Gasteiger partial charge in [0.15, 0.2) is 0 Å². The van der Waals surface area contributed by atoms with Gasteiger partial charge < -0.3 is 5.32 Å². The van der Waals surface area contributed by atoms with E-state index in [1.54, 1.807) is 6.07 Å². The summed E-state index contributed by atoms with van der Waals surface area (Å²) in [4.78, 5) is 22.1. The summed E-state index contributed by atoms with van der Waals surface area (Å²) in [7, 11) is 0. The summed E-state index contributed by atoms with van der Waals surface area (Å²) in [6.45, 7) is 0. The lowest BCUT2D eigenvalue weighted by Gasteiger charge is -2.03. The summed E-state index contributed by atoms with van der Waals surface area (Å²) in [5.74, 6) is -1.38. The molecule has 1 aromatic heterocycles. The summed E-state index contributed by atoms with van der Waals surface area (Å²) in [5.41, 5.74) is -0.528. The van der Waals surface area contributed by atoms with Crippen molar-refractivity contribution in [3.8, 4) is 0 Å². The molecule has 9 heteroatoms. The van der Waals surface area contributed by atoms with E-state index in [4.69, 9.17) is 0 Å². The van der Waals surface area contributed by atoms with E-state index in [0.717, 1.165) is 20.4 Å². The van der Waals surface area contributed by atoms with E-state index in [1.165, 1.54) is 17.4 Å². The summed E-state index contributed by atoms with van der Waals surface area (Å²) in [5, 5.41) is 13.1. The number of nitro benzene ring substituents is 1. The molecule has 5 nitrogen and oxygen atoms in total. The number of nitrogens with zero attached hydrogens (tertiary/aromatic N) is 1. The van der Waals surface area contributed by atoms with Gasteiger partial charge in [-0.15, -0.1) is 11.3 Å². The third-order valence-corrected chi connectivity index (χ3v) is 5.52. The van der Waals surface area contributed by atoms with E-state index in [0.29, 0.717) is 4.88 Å². The number of amides is 1. The zero-order valence-electron chi connectivity index (χ0n) is 9.52. The Morgan fingerprint density at radius 3 is 2.60 bits per heavy atom. The van der Waals surface area contributed by atoms with Crippen molar-refractivity contribution in [2.24, 2.45) is 0 Å². The van der Waals surface area contributed by atoms with E-state index < -0.39 is 22.3 Å². The molecule has 0 atom stereocenters. The molecule has 0 saturated heterocycles. The average Bonchev–Trinajstić information content (AvgIpc) is 2.72. The van der Waals surface area contributed by atoms with Crippen LogP contribution in [-0.4, -0.2) is 10.8 Å². The molecule has 0 aliphatic rings. The van der Waals surface area contributed by atoms with Crippen LogP contribution in [-0.2, 0) is 0 Å². The summed E-state index contributed by atoms with van der Waals surface area (Å²) in [6.07, 6.45) is 0. The molecule has 2 aromatic rings. The smallest absolute Gasteiger partial charge is 0.306 e. The van der Waals surface area contributed by atoms with Crippen molar-refractivity contribution in [1.82, 2.24) is 0 Å². The standard InChI is InChI=1S/C11H5Br2FN2O3S/c12-6-4-9(20-10(6)13)11(17)15-5-1-2-7(14)8(3-5)16(18)19/h1-4H,(H,15,17). The Bertz CT molecular complexity index is 685. The van der Waals surface area contributed by atoms with E-state index in [9.17, 15) is 19.3 Å². The van der Waals surface area contributed by atoms with Crippen LogP contribution in [0.3, 0.4) is 0 Å². The van der Waals surface area contributed by atoms with Gasteiger partial charge in [0, 0.05) is 16.2 Å². The number of carbonyl (C=O) groups is 1. The van der Waals surface area contributed by atoms with E-state index in [2.05, 4.69) is 37.2 Å². The Hall–Kier alpha value is -1.32. The van der Waals surface area contributed by atoms with Crippen LogP contribution in [0.5, 0.6) is 0 Å². The van der Waals surface area contributed by atoms with Crippen LogP contribution >= 0.6 is 43.2 Å². The second kappa shape index (κ2) is 5.98. The highest BCUT2D eigenvalue weighted by Gasteiger charge is 2.17. The molecule has 0 radical (unpaired) electrons. The quantitative estimate of drug-likeness (QED) is 0.580. The maximum absolute atomic E-state index is 13.2. The Morgan fingerprint density at radius 2 is 2.05 bits per heavy atom. The molecule has 0 spiro atoms. The first kappa shape index (κ1) is 15.1. The second-order valence-electron chi connectivity index (χ2n) is 3.61. The van der Waals surface area contributed by atoms with E-state index >= 15 is 0 Å². The molecule has 0 fully saturated rings. The summed E-state index contributed by atoms with van der Waals surface area (Å²) in [6, 6.07) is 4.79. The van der Waals surface area contributed by atoms with Crippen molar-refractivity contribution in [2.45, 2.75) is 0 Å². The molecule has 0 bridgehead atoms. The Labute approximate surface area is 133 Å². The normalized spacial score (nSPS) is 10.3. The molecule has 20 heavy (non-hydrogen) atoms. The first-order chi connectivity index (χ1) is 9.38. The monoisotopic (exact) mass is 422 g/mol. The van der Waals surface area contributed by atoms with Gasteiger partial charge in [-0.3, -0.25) is 14.9 Å². The van der Waals surface area contributed by atoms with Gasteiger partial charge in [0.25, 0.3) is 5.91 Å². The number of rotatable bonds is 3. The van der Waals surface area contributed by atoms with Crippen LogP contribution in [0, 0.1) is 15.9 Å². The lowest BCUT2D eigenvalue weighted by Crippen LogP contribution is -2.10. The van der Waals surface area contributed by atoms with Gasteiger partial charge in [0.2, 0.25) is 5.82 Å². The van der Waals surface area contributed by atoms with Crippen molar-refractivity contribution in [1.29, 1.82) is 0 Å². The number of thiophene rings is 1. The van der Waals surface area contributed by atoms with Crippen LogP contribution in [0.25, 0.3) is 0 Å². The predicted molar refractivity (Wildman–Crippen MR) is 80.7 cm³/mol. The minimum absolute atomic E-state index is 0.156. The van der Waals surface area contributed by atoms with Crippen molar-refractivity contribution in [2.75, 3.05) is 5.32 Å². The first-order valence-electron chi connectivity index (χ1n) is 5.08. The molecule has 1 heterocycles. The molecule has 0 unspecified atom stereocenters. The van der Waals surface area contributed by atoms with Crippen molar-refractivity contribution >= 4 is 60.5 Å². The Kier molecular flexibility index (Phi) is 4.51. The molecule has 0 aliphatic carbocycles. The van der Waals surface area contributed by atoms with Crippen LogP contribution < -0.4 is 5.32 Å². The maximum Gasteiger partial charge on any atom is 0.306 e. The third-order valence-electron chi connectivity index (χ3n) is 2.27. The molecular formula is C11H5Br2FN2O3S. The fourth-order valence-corrected chi connectivity index (χ4v) is 3.31. The topological polar surface area (TPSA) is 72.2 Å². The van der Waals surface area contributed by atoms with E-state index in [1.807, 2.05) is 0 Å². The minimum atomic E-state index is -0.949. The average molecular weight is 424 g/mol. The zero-order valence-corrected chi connectivity index (χ0v) is 13.5. The molecule has 2 rings (SSSR count). The van der Waals surface area contributed by atoms with Gasteiger partial charge in [-0.2, -0.15) is 4.39 Å². The highest BCUT2D eigenvalue weighted by Crippen LogP contribution is 2.33. The molecule has 104 valence electrons. The van der Waals surface area contributed by atoms with Crippen molar-refractivity contribution in [3.63, 3.8) is 0 Å². The third kappa shape index (κ3) is 3.22. The van der Waals surface area contributed by atoms with Crippen LogP contribution in [0.2, 0.25) is 0 Å².